The molecule has 100 valence electrons. The lowest BCUT2D eigenvalue weighted by atomic mass is 9.82. The van der Waals surface area contributed by atoms with E-state index in [2.05, 4.69) is 44.8 Å². The molecule has 0 spiro atoms. The van der Waals surface area contributed by atoms with Gasteiger partial charge in [0.1, 0.15) is 0 Å². The van der Waals surface area contributed by atoms with Crippen LogP contribution >= 0.6 is 0 Å². The predicted octanol–water partition coefficient (Wildman–Crippen LogP) is 3.03. The first-order chi connectivity index (χ1) is 7.81. The van der Waals surface area contributed by atoms with Gasteiger partial charge in [0.2, 0.25) is 0 Å². The van der Waals surface area contributed by atoms with Crippen LogP contribution in [0.5, 0.6) is 0 Å². The van der Waals surface area contributed by atoms with Gasteiger partial charge in [-0.2, -0.15) is 0 Å². The summed E-state index contributed by atoms with van der Waals surface area (Å²) in [5.74, 6) is 0. The van der Waals surface area contributed by atoms with E-state index < -0.39 is 0 Å². The van der Waals surface area contributed by atoms with Crippen LogP contribution in [0.3, 0.4) is 0 Å². The van der Waals surface area contributed by atoms with Gasteiger partial charge >= 0.3 is 0 Å². The molecule has 1 unspecified atom stereocenters. The van der Waals surface area contributed by atoms with E-state index in [-0.39, 0.29) is 0 Å². The summed E-state index contributed by atoms with van der Waals surface area (Å²) in [6.45, 7) is 14.2. The van der Waals surface area contributed by atoms with Crippen LogP contribution in [-0.2, 0) is 0 Å². The Kier molecular flexibility index (Phi) is 3.57. The Bertz CT molecular complexity index is 259. The third kappa shape index (κ3) is 2.85. The zero-order valence-corrected chi connectivity index (χ0v) is 12.3. The molecule has 0 bridgehead atoms. The molecule has 17 heavy (non-hydrogen) atoms. The van der Waals surface area contributed by atoms with Crippen LogP contribution in [0, 0.1) is 5.41 Å². The summed E-state index contributed by atoms with van der Waals surface area (Å²) in [5.41, 5.74) is 0.699. The maximum atomic E-state index is 3.76. The molecular weight excluding hydrogens is 208 g/mol. The molecule has 1 saturated heterocycles. The van der Waals surface area contributed by atoms with Crippen molar-refractivity contribution in [2.75, 3.05) is 13.1 Å². The highest BCUT2D eigenvalue weighted by Gasteiger charge is 2.41. The monoisotopic (exact) mass is 238 g/mol. The second-order valence-corrected chi connectivity index (χ2v) is 7.70. The van der Waals surface area contributed by atoms with Crippen molar-refractivity contribution in [1.29, 1.82) is 0 Å². The van der Waals surface area contributed by atoms with Gasteiger partial charge in [0.05, 0.1) is 0 Å². The van der Waals surface area contributed by atoms with E-state index in [1.54, 1.807) is 0 Å². The molecule has 2 nitrogen and oxygen atoms in total. The molecule has 1 saturated carbocycles. The Labute approximate surface area is 107 Å². The molecule has 2 fully saturated rings. The van der Waals surface area contributed by atoms with Crippen LogP contribution in [0.15, 0.2) is 0 Å². The normalized spacial score (nSPS) is 31.9. The highest BCUT2D eigenvalue weighted by Crippen LogP contribution is 2.34. The van der Waals surface area contributed by atoms with Gasteiger partial charge in [-0.1, -0.05) is 33.6 Å². The quantitative estimate of drug-likeness (QED) is 0.755. The van der Waals surface area contributed by atoms with Crippen molar-refractivity contribution in [1.82, 2.24) is 10.2 Å². The van der Waals surface area contributed by atoms with Crippen LogP contribution < -0.4 is 5.32 Å². The molecular formula is C15H30N2. The summed E-state index contributed by atoms with van der Waals surface area (Å²) in [6, 6.07) is 1.48. The van der Waals surface area contributed by atoms with Crippen molar-refractivity contribution in [2.45, 2.75) is 77.9 Å². The first-order valence-corrected chi connectivity index (χ1v) is 7.31. The molecule has 2 rings (SSSR count). The van der Waals surface area contributed by atoms with Crippen molar-refractivity contribution in [3.63, 3.8) is 0 Å². The van der Waals surface area contributed by atoms with E-state index in [1.165, 1.54) is 32.2 Å². The minimum Gasteiger partial charge on any atom is -0.310 e. The van der Waals surface area contributed by atoms with E-state index in [1.807, 2.05) is 0 Å². The lowest BCUT2D eigenvalue weighted by Crippen LogP contribution is -2.66. The molecule has 1 aliphatic heterocycles. The lowest BCUT2D eigenvalue weighted by Gasteiger charge is -2.52. The van der Waals surface area contributed by atoms with Gasteiger partial charge in [0.25, 0.3) is 0 Å². The summed E-state index contributed by atoms with van der Waals surface area (Å²) in [6.07, 6.45) is 5.70. The number of nitrogens with zero attached hydrogens (tertiary/aromatic N) is 1. The Morgan fingerprint density at radius 3 is 2.24 bits per heavy atom. The molecule has 1 aliphatic carbocycles. The van der Waals surface area contributed by atoms with E-state index in [4.69, 9.17) is 0 Å². The molecule has 2 aliphatic rings. The second-order valence-electron chi connectivity index (χ2n) is 7.70. The fraction of sp³-hybridized carbons (Fsp3) is 1.00. The van der Waals surface area contributed by atoms with Crippen molar-refractivity contribution in [3.8, 4) is 0 Å². The van der Waals surface area contributed by atoms with Crippen molar-refractivity contribution < 1.29 is 0 Å². The topological polar surface area (TPSA) is 15.3 Å². The van der Waals surface area contributed by atoms with E-state index in [0.717, 1.165) is 12.6 Å². The standard InChI is InChI=1S/C15H30N2/c1-14(2,3)13-10-17(12-8-6-7-9-12)15(4,5)11-16-13/h12-13,16H,6-11H2,1-5H3. The fourth-order valence-electron chi connectivity index (χ4n) is 3.42. The molecule has 2 heteroatoms. The van der Waals surface area contributed by atoms with Crippen molar-refractivity contribution in [2.24, 2.45) is 5.41 Å². The largest absolute Gasteiger partial charge is 0.310 e. The highest BCUT2D eigenvalue weighted by molar-refractivity contribution is 4.99. The molecule has 1 heterocycles. The zero-order valence-electron chi connectivity index (χ0n) is 12.3. The van der Waals surface area contributed by atoms with Gasteiger partial charge in [-0.15, -0.1) is 0 Å². The average Bonchev–Trinajstić information content (AvgIpc) is 2.67. The summed E-state index contributed by atoms with van der Waals surface area (Å²) in [4.78, 5) is 2.80. The molecule has 1 atom stereocenters. The molecule has 0 radical (unpaired) electrons. The number of rotatable bonds is 1. The predicted molar refractivity (Wildman–Crippen MR) is 74.3 cm³/mol. The Balaban J connectivity index is 2.09. The zero-order chi connectivity index (χ0) is 12.7. The van der Waals surface area contributed by atoms with E-state index in [0.29, 0.717) is 17.0 Å². The maximum Gasteiger partial charge on any atom is 0.0281 e. The summed E-state index contributed by atoms with van der Waals surface area (Å²) < 4.78 is 0. The van der Waals surface area contributed by atoms with Gasteiger partial charge in [-0.05, 0) is 32.1 Å². The first-order valence-electron chi connectivity index (χ1n) is 7.31. The summed E-state index contributed by atoms with van der Waals surface area (Å²) >= 11 is 0. The van der Waals surface area contributed by atoms with Gasteiger partial charge in [0.15, 0.2) is 0 Å². The van der Waals surface area contributed by atoms with Crippen molar-refractivity contribution in [3.05, 3.63) is 0 Å². The fourth-order valence-corrected chi connectivity index (χ4v) is 3.42. The number of hydrogen-bond donors (Lipinski definition) is 1. The van der Waals surface area contributed by atoms with Gasteiger partial charge < -0.3 is 5.32 Å². The number of nitrogens with one attached hydrogen (secondary N) is 1. The lowest BCUT2D eigenvalue weighted by molar-refractivity contribution is 0.00381. The Hall–Kier alpha value is -0.0800. The van der Waals surface area contributed by atoms with E-state index >= 15 is 0 Å². The number of hydrogen-bond acceptors (Lipinski definition) is 2. The third-order valence-electron chi connectivity index (χ3n) is 4.75. The minimum atomic E-state index is 0.330. The Morgan fingerprint density at radius 2 is 1.71 bits per heavy atom. The van der Waals surface area contributed by atoms with Crippen LogP contribution in [-0.4, -0.2) is 35.6 Å². The molecule has 0 aromatic heterocycles. The van der Waals surface area contributed by atoms with Crippen LogP contribution in [0.25, 0.3) is 0 Å². The van der Waals surface area contributed by atoms with Crippen LogP contribution in [0.2, 0.25) is 0 Å². The van der Waals surface area contributed by atoms with Crippen LogP contribution in [0.4, 0.5) is 0 Å². The van der Waals surface area contributed by atoms with Gasteiger partial charge in [0, 0.05) is 30.7 Å². The second kappa shape index (κ2) is 4.55. The third-order valence-corrected chi connectivity index (χ3v) is 4.75. The van der Waals surface area contributed by atoms with Crippen LogP contribution in [0.1, 0.15) is 60.3 Å². The molecule has 0 amide bonds. The van der Waals surface area contributed by atoms with Gasteiger partial charge in [-0.3, -0.25) is 4.90 Å². The summed E-state index contributed by atoms with van der Waals surface area (Å²) in [5, 5.41) is 3.76. The van der Waals surface area contributed by atoms with Gasteiger partial charge in [-0.25, -0.2) is 0 Å². The SMILES string of the molecule is CC(C)(C)C1CN(C2CCCC2)C(C)(C)CN1. The minimum absolute atomic E-state index is 0.330. The average molecular weight is 238 g/mol. The van der Waals surface area contributed by atoms with Crippen molar-refractivity contribution >= 4 is 0 Å². The van der Waals surface area contributed by atoms with E-state index in [9.17, 15) is 0 Å². The summed E-state index contributed by atoms with van der Waals surface area (Å²) in [7, 11) is 0. The molecule has 0 aromatic rings. The molecule has 0 aromatic carbocycles. The Morgan fingerprint density at radius 1 is 1.12 bits per heavy atom. The first kappa shape index (κ1) is 13.4. The maximum absolute atomic E-state index is 3.76. The number of piperazine rings is 1. The smallest absolute Gasteiger partial charge is 0.0281 e. The highest BCUT2D eigenvalue weighted by atomic mass is 15.3. The molecule has 1 N–H and O–H groups in total.